The minimum Gasteiger partial charge on any atom is -0.339 e. The Hall–Kier alpha value is -3.84. The van der Waals surface area contributed by atoms with E-state index in [4.69, 9.17) is 5.10 Å². The summed E-state index contributed by atoms with van der Waals surface area (Å²) in [5.74, 6) is 0.888. The fourth-order valence-electron chi connectivity index (χ4n) is 7.40. The normalized spacial score (nSPS) is 20.6. The van der Waals surface area contributed by atoms with E-state index in [1.807, 2.05) is 15.9 Å². The zero-order valence-corrected chi connectivity index (χ0v) is 26.0. The third-order valence-electron chi connectivity index (χ3n) is 9.82. The minimum atomic E-state index is -2.66. The largest absolute Gasteiger partial charge is 0.339 e. The molecule has 2 aromatic heterocycles. The average Bonchev–Trinajstić information content (AvgIpc) is 3.79. The molecular weight excluding hydrogens is 580 g/mol. The Bertz CT molecular complexity index is 1600. The lowest BCUT2D eigenvalue weighted by Gasteiger charge is -2.33. The molecule has 2 amide bonds. The van der Waals surface area contributed by atoms with Crippen LogP contribution in [0.2, 0.25) is 0 Å². The fourth-order valence-corrected chi connectivity index (χ4v) is 7.40. The lowest BCUT2D eigenvalue weighted by molar-refractivity contribution is -0.132. The van der Waals surface area contributed by atoms with Gasteiger partial charge in [0.1, 0.15) is 0 Å². The highest BCUT2D eigenvalue weighted by Gasteiger charge is 2.36. The van der Waals surface area contributed by atoms with Crippen LogP contribution in [0.25, 0.3) is 11.1 Å². The molecule has 2 saturated heterocycles. The van der Waals surface area contributed by atoms with Crippen LogP contribution in [0.3, 0.4) is 0 Å². The lowest BCUT2D eigenvalue weighted by atomic mass is 9.92. The van der Waals surface area contributed by atoms with Crippen LogP contribution in [0.15, 0.2) is 24.5 Å². The predicted molar refractivity (Wildman–Crippen MR) is 165 cm³/mol. The molecule has 7 rings (SSSR count). The van der Waals surface area contributed by atoms with E-state index in [1.165, 1.54) is 0 Å². The van der Waals surface area contributed by atoms with Gasteiger partial charge in [-0.25, -0.2) is 8.78 Å². The molecule has 0 radical (unpaired) electrons. The van der Waals surface area contributed by atoms with Gasteiger partial charge in [-0.05, 0) is 42.5 Å². The number of fused-ring (bicyclic) bond motifs is 2. The summed E-state index contributed by atoms with van der Waals surface area (Å²) >= 11 is 0. The summed E-state index contributed by atoms with van der Waals surface area (Å²) in [6, 6.07) is 3.55. The number of aromatic nitrogens is 4. The van der Waals surface area contributed by atoms with E-state index in [0.29, 0.717) is 56.8 Å². The van der Waals surface area contributed by atoms with Crippen molar-refractivity contribution in [3.8, 4) is 11.1 Å². The minimum absolute atomic E-state index is 0.00467. The van der Waals surface area contributed by atoms with Crippen LogP contribution in [0.1, 0.15) is 54.6 Å². The second-order valence-electron chi connectivity index (χ2n) is 12.7. The second-order valence-corrected chi connectivity index (χ2v) is 12.7. The molecule has 6 heterocycles. The number of anilines is 2. The maximum absolute atomic E-state index is 14.5. The van der Waals surface area contributed by atoms with Crippen LogP contribution in [0, 0.1) is 0 Å². The molecule has 13 heteroatoms. The Morgan fingerprint density at radius 2 is 1.89 bits per heavy atom. The van der Waals surface area contributed by atoms with Gasteiger partial charge in [-0.1, -0.05) is 0 Å². The molecule has 3 aromatic rings. The first kappa shape index (κ1) is 29.8. The molecule has 240 valence electrons. The number of rotatable bonds is 6. The van der Waals surface area contributed by atoms with E-state index in [0.717, 1.165) is 73.8 Å². The van der Waals surface area contributed by atoms with Crippen LogP contribution in [-0.4, -0.2) is 105 Å². The zero-order valence-electron chi connectivity index (χ0n) is 26.0. The summed E-state index contributed by atoms with van der Waals surface area (Å²) in [6.07, 6.45) is 3.83. The van der Waals surface area contributed by atoms with Gasteiger partial charge in [-0.15, -0.1) is 0 Å². The number of benzene rings is 1. The Balaban J connectivity index is 1.23. The number of nitrogens with one attached hydrogen (secondary N) is 1. The van der Waals surface area contributed by atoms with Gasteiger partial charge in [0.05, 0.1) is 25.3 Å². The second kappa shape index (κ2) is 12.2. The molecule has 1 unspecified atom stereocenters. The first-order valence-corrected chi connectivity index (χ1v) is 16.0. The molecule has 2 fully saturated rings. The molecule has 0 aliphatic carbocycles. The number of hydrogen-bond donors (Lipinski definition) is 1. The van der Waals surface area contributed by atoms with Crippen molar-refractivity contribution in [2.45, 2.75) is 51.6 Å². The monoisotopic (exact) mass is 621 g/mol. The van der Waals surface area contributed by atoms with Gasteiger partial charge in [0.15, 0.2) is 5.82 Å². The van der Waals surface area contributed by atoms with E-state index < -0.39 is 6.43 Å². The van der Waals surface area contributed by atoms with Crippen molar-refractivity contribution < 1.29 is 18.4 Å². The Kier molecular flexibility index (Phi) is 8.07. The average molecular weight is 622 g/mol. The van der Waals surface area contributed by atoms with Gasteiger partial charge in [0.25, 0.3) is 6.43 Å². The summed E-state index contributed by atoms with van der Waals surface area (Å²) in [4.78, 5) is 33.8. The first-order valence-electron chi connectivity index (χ1n) is 16.0. The lowest BCUT2D eigenvalue weighted by Crippen LogP contribution is -2.48. The van der Waals surface area contributed by atoms with Crippen molar-refractivity contribution in [1.29, 1.82) is 0 Å². The van der Waals surface area contributed by atoms with Crippen LogP contribution < -0.4 is 10.2 Å². The number of amides is 2. The Morgan fingerprint density at radius 3 is 2.62 bits per heavy atom. The van der Waals surface area contributed by atoms with Crippen molar-refractivity contribution in [1.82, 2.24) is 39.6 Å². The molecule has 45 heavy (non-hydrogen) atoms. The maximum Gasteiger partial charge on any atom is 0.264 e. The topological polar surface area (TPSA) is 94.8 Å². The number of alkyl halides is 2. The van der Waals surface area contributed by atoms with Crippen molar-refractivity contribution in [2.75, 3.05) is 63.8 Å². The van der Waals surface area contributed by atoms with E-state index in [-0.39, 0.29) is 23.4 Å². The van der Waals surface area contributed by atoms with E-state index in [9.17, 15) is 18.4 Å². The summed E-state index contributed by atoms with van der Waals surface area (Å²) in [5.41, 5.74) is 4.95. The summed E-state index contributed by atoms with van der Waals surface area (Å²) < 4.78 is 32.8. The molecule has 1 atom stereocenters. The van der Waals surface area contributed by atoms with Gasteiger partial charge >= 0.3 is 0 Å². The maximum atomic E-state index is 14.5. The smallest absolute Gasteiger partial charge is 0.264 e. The van der Waals surface area contributed by atoms with Gasteiger partial charge in [0, 0.05) is 107 Å². The third kappa shape index (κ3) is 5.71. The van der Waals surface area contributed by atoms with Crippen LogP contribution in [0.4, 0.5) is 20.3 Å². The molecule has 1 aromatic carbocycles. The van der Waals surface area contributed by atoms with Crippen molar-refractivity contribution in [2.24, 2.45) is 7.05 Å². The van der Waals surface area contributed by atoms with Crippen LogP contribution in [0.5, 0.6) is 0 Å². The van der Waals surface area contributed by atoms with Gasteiger partial charge in [-0.2, -0.15) is 10.2 Å². The third-order valence-corrected chi connectivity index (χ3v) is 9.82. The number of halogens is 2. The standard InChI is InChI=1S/C32H41F2N9O2/c1-21(44)40-11-6-28-27(19-40)32(37-43(28)24-5-10-41(18-24)30(45)20-39-12-7-35-8-13-39)42-9-3-4-22-14-25(23-16-36-38(2)17-23)26(31(33)34)15-29(22)42/h14-17,24,31,35H,3-13,18-20H2,1-2H3. The first-order chi connectivity index (χ1) is 21.8. The molecular formula is C32H41F2N9O2. The van der Waals surface area contributed by atoms with Crippen molar-refractivity contribution >= 4 is 23.3 Å². The number of carbonyl (C=O) groups is 2. The highest BCUT2D eigenvalue weighted by Crippen LogP contribution is 2.43. The highest BCUT2D eigenvalue weighted by atomic mass is 19.3. The van der Waals surface area contributed by atoms with E-state index >= 15 is 0 Å². The number of carbonyl (C=O) groups excluding carboxylic acids is 2. The molecule has 0 spiro atoms. The molecule has 0 bridgehead atoms. The number of hydrogen-bond acceptors (Lipinski definition) is 7. The molecule has 1 N–H and O–H groups in total. The van der Waals surface area contributed by atoms with Crippen LogP contribution in [-0.2, 0) is 36.0 Å². The highest BCUT2D eigenvalue weighted by molar-refractivity contribution is 5.79. The molecule has 4 aliphatic rings. The quantitative estimate of drug-likeness (QED) is 0.453. The van der Waals surface area contributed by atoms with Crippen molar-refractivity contribution in [3.63, 3.8) is 0 Å². The summed E-state index contributed by atoms with van der Waals surface area (Å²) in [7, 11) is 1.78. The molecule has 0 saturated carbocycles. The van der Waals surface area contributed by atoms with E-state index in [1.54, 1.807) is 37.1 Å². The number of nitrogens with zero attached hydrogens (tertiary/aromatic N) is 8. The Labute approximate surface area is 261 Å². The molecule has 11 nitrogen and oxygen atoms in total. The van der Waals surface area contributed by atoms with Crippen molar-refractivity contribution in [3.05, 3.63) is 46.9 Å². The van der Waals surface area contributed by atoms with Gasteiger partial charge in [0.2, 0.25) is 11.8 Å². The number of likely N-dealkylation sites (tertiary alicyclic amines) is 1. The van der Waals surface area contributed by atoms with Gasteiger partial charge < -0.3 is 20.0 Å². The van der Waals surface area contributed by atoms with Gasteiger partial charge in [-0.3, -0.25) is 23.9 Å². The summed E-state index contributed by atoms with van der Waals surface area (Å²) in [5, 5.41) is 12.7. The predicted octanol–water partition coefficient (Wildman–Crippen LogP) is 2.89. The van der Waals surface area contributed by atoms with Crippen LogP contribution >= 0.6 is 0 Å². The zero-order chi connectivity index (χ0) is 31.2. The number of piperazine rings is 1. The Morgan fingerprint density at radius 1 is 1.07 bits per heavy atom. The SMILES string of the molecule is CC(=O)N1CCc2c(c(N3CCCc4cc(-c5cnn(C)c5)c(C(F)F)cc43)nn2C2CCN(C(=O)CN3CCNCC3)C2)C1. The van der Waals surface area contributed by atoms with E-state index in [2.05, 4.69) is 24.9 Å². The molecule has 4 aliphatic heterocycles. The summed E-state index contributed by atoms with van der Waals surface area (Å²) in [6.45, 7) is 8.52. The number of aryl methyl sites for hydroxylation is 2. The fraction of sp³-hybridized carbons (Fsp3) is 0.562.